The zero-order valence-electron chi connectivity index (χ0n) is 15.6. The molecular weight excluding hydrogens is 389 g/mol. The fourth-order valence-corrected chi connectivity index (χ4v) is 7.05. The second-order valence-electron chi connectivity index (χ2n) is 9.38. The van der Waals surface area contributed by atoms with Gasteiger partial charge in [-0.05, 0) is 97.3 Å². The Morgan fingerprint density at radius 2 is 1.29 bits per heavy atom. The summed E-state index contributed by atoms with van der Waals surface area (Å²) in [5.41, 5.74) is -3.47. The van der Waals surface area contributed by atoms with Crippen molar-refractivity contribution in [2.24, 2.45) is 23.7 Å². The highest BCUT2D eigenvalue weighted by molar-refractivity contribution is 7.88. The maximum absolute atomic E-state index is 12.9. The van der Waals surface area contributed by atoms with E-state index in [0.717, 1.165) is 36.8 Å². The van der Waals surface area contributed by atoms with Gasteiger partial charge in [-0.2, -0.15) is 21.6 Å². The predicted octanol–water partition coefficient (Wildman–Crippen LogP) is 5.72. The van der Waals surface area contributed by atoms with E-state index in [-0.39, 0.29) is 5.75 Å². The first-order valence-electron chi connectivity index (χ1n) is 10.4. The van der Waals surface area contributed by atoms with Gasteiger partial charge in [0.05, 0.1) is 0 Å². The van der Waals surface area contributed by atoms with Crippen molar-refractivity contribution in [3.05, 3.63) is 29.3 Å². The molecule has 0 spiro atoms. The molecule has 5 rings (SSSR count). The van der Waals surface area contributed by atoms with Gasteiger partial charge >= 0.3 is 15.6 Å². The topological polar surface area (TPSA) is 43.4 Å². The van der Waals surface area contributed by atoms with Gasteiger partial charge < -0.3 is 4.18 Å². The highest BCUT2D eigenvalue weighted by atomic mass is 32.2. The van der Waals surface area contributed by atoms with Crippen molar-refractivity contribution >= 4 is 10.1 Å². The van der Waals surface area contributed by atoms with Gasteiger partial charge in [-0.15, -0.1) is 0 Å². The Kier molecular flexibility index (Phi) is 4.27. The van der Waals surface area contributed by atoms with Gasteiger partial charge in [-0.1, -0.05) is 18.9 Å². The summed E-state index contributed by atoms with van der Waals surface area (Å²) in [5.74, 6) is 2.98. The summed E-state index contributed by atoms with van der Waals surface area (Å²) in [6.45, 7) is 0. The maximum Gasteiger partial charge on any atom is 0.534 e. The summed E-state index contributed by atoms with van der Waals surface area (Å²) < 4.78 is 66.3. The number of benzene rings is 1. The Hall–Kier alpha value is -1.24. The van der Waals surface area contributed by atoms with Crippen LogP contribution in [0.15, 0.2) is 18.2 Å². The van der Waals surface area contributed by atoms with Crippen LogP contribution in [0.5, 0.6) is 5.75 Å². The van der Waals surface area contributed by atoms with Crippen molar-refractivity contribution in [3.63, 3.8) is 0 Å². The second kappa shape index (κ2) is 6.38. The summed E-state index contributed by atoms with van der Waals surface area (Å²) in [7, 11) is -5.65. The average molecular weight is 414 g/mol. The summed E-state index contributed by atoms with van der Waals surface area (Å²) in [4.78, 5) is 0. The number of halogens is 3. The van der Waals surface area contributed by atoms with Crippen LogP contribution in [0.4, 0.5) is 13.2 Å². The largest absolute Gasteiger partial charge is 0.534 e. The lowest BCUT2D eigenvalue weighted by molar-refractivity contribution is -0.0500. The molecule has 28 heavy (non-hydrogen) atoms. The highest BCUT2D eigenvalue weighted by Gasteiger charge is 2.49. The zero-order chi connectivity index (χ0) is 19.7. The molecule has 4 fully saturated rings. The van der Waals surface area contributed by atoms with Crippen LogP contribution in [-0.4, -0.2) is 13.9 Å². The molecule has 0 aliphatic heterocycles. The third kappa shape index (κ3) is 3.14. The average Bonchev–Trinajstić information content (AvgIpc) is 3.40. The molecule has 4 aliphatic carbocycles. The minimum atomic E-state index is -5.65. The van der Waals surface area contributed by atoms with E-state index < -0.39 is 15.6 Å². The van der Waals surface area contributed by atoms with Crippen molar-refractivity contribution in [1.29, 1.82) is 0 Å². The van der Waals surface area contributed by atoms with Gasteiger partial charge in [0.15, 0.2) is 0 Å². The first-order chi connectivity index (χ1) is 13.2. The molecule has 0 N–H and O–H groups in total. The molecule has 0 radical (unpaired) electrons. The Morgan fingerprint density at radius 3 is 1.64 bits per heavy atom. The van der Waals surface area contributed by atoms with Gasteiger partial charge in [0.25, 0.3) is 0 Å². The number of hydrogen-bond acceptors (Lipinski definition) is 3. The Balaban J connectivity index is 1.51. The third-order valence-corrected chi connectivity index (χ3v) is 8.75. The maximum atomic E-state index is 12.9. The van der Waals surface area contributed by atoms with Gasteiger partial charge in [0.2, 0.25) is 0 Å². The lowest BCUT2D eigenvalue weighted by Gasteiger charge is -2.27. The minimum Gasteiger partial charge on any atom is -0.376 e. The number of fused-ring (bicyclic) bond motifs is 4. The Morgan fingerprint density at radius 1 is 0.786 bits per heavy atom. The van der Waals surface area contributed by atoms with Crippen molar-refractivity contribution in [2.75, 3.05) is 0 Å². The number of rotatable bonds is 4. The van der Waals surface area contributed by atoms with E-state index in [2.05, 4.69) is 10.2 Å². The van der Waals surface area contributed by atoms with Crippen molar-refractivity contribution < 1.29 is 25.8 Å². The van der Waals surface area contributed by atoms with E-state index in [1.165, 1.54) is 25.7 Å². The van der Waals surface area contributed by atoms with Crippen LogP contribution < -0.4 is 4.18 Å². The fourth-order valence-electron chi connectivity index (χ4n) is 6.60. The molecule has 0 amide bonds. The van der Waals surface area contributed by atoms with Crippen molar-refractivity contribution in [3.8, 4) is 5.75 Å². The van der Waals surface area contributed by atoms with E-state index in [9.17, 15) is 21.6 Å². The van der Waals surface area contributed by atoms with E-state index >= 15 is 0 Å². The van der Waals surface area contributed by atoms with Crippen LogP contribution in [-0.2, 0) is 10.1 Å². The molecule has 4 aliphatic rings. The molecule has 0 heterocycles. The van der Waals surface area contributed by atoms with Gasteiger partial charge in [-0.3, -0.25) is 0 Å². The molecule has 4 saturated carbocycles. The van der Waals surface area contributed by atoms with Crippen LogP contribution in [0.3, 0.4) is 0 Å². The van der Waals surface area contributed by atoms with Crippen molar-refractivity contribution in [2.45, 2.75) is 68.7 Å². The van der Waals surface area contributed by atoms with Crippen LogP contribution in [0.1, 0.15) is 74.3 Å². The van der Waals surface area contributed by atoms with Crippen LogP contribution in [0.2, 0.25) is 0 Å². The molecule has 154 valence electrons. The molecule has 0 saturated heterocycles. The number of hydrogen-bond donors (Lipinski definition) is 0. The lowest BCUT2D eigenvalue weighted by atomic mass is 9.79. The van der Waals surface area contributed by atoms with Crippen LogP contribution in [0, 0.1) is 23.7 Å². The van der Waals surface area contributed by atoms with Crippen LogP contribution in [0.25, 0.3) is 0 Å². The van der Waals surface area contributed by atoms with Crippen molar-refractivity contribution in [1.82, 2.24) is 0 Å². The highest BCUT2D eigenvalue weighted by Crippen LogP contribution is 2.56. The van der Waals surface area contributed by atoms with Gasteiger partial charge in [0.1, 0.15) is 5.75 Å². The summed E-state index contributed by atoms with van der Waals surface area (Å²) in [5, 5.41) is 0. The standard InChI is InChI=1S/C21H25F3O3S/c22-21(23,24)28(25,26)27-18-10-16(19-7-12-1-3-14(19)5-12)9-17(11-18)20-8-13-2-4-15(20)6-13/h9-15,19-20H,1-8H2. The molecule has 4 bridgehead atoms. The Bertz CT molecular complexity index is 833. The summed E-state index contributed by atoms with van der Waals surface area (Å²) in [6, 6.07) is 5.24. The molecular formula is C21H25F3O3S. The SMILES string of the molecule is O=S(=O)(Oc1cc(C2CC3CCC2C3)cc(C2CC3CCC2C3)c1)C(F)(F)F. The van der Waals surface area contributed by atoms with Gasteiger partial charge in [-0.25, -0.2) is 0 Å². The zero-order valence-corrected chi connectivity index (χ0v) is 16.4. The monoisotopic (exact) mass is 414 g/mol. The normalized spacial score (nSPS) is 37.0. The first kappa shape index (κ1) is 18.8. The first-order valence-corrected chi connectivity index (χ1v) is 11.8. The predicted molar refractivity (Wildman–Crippen MR) is 98.4 cm³/mol. The molecule has 7 heteroatoms. The molecule has 1 aromatic carbocycles. The molecule has 0 aromatic heterocycles. The van der Waals surface area contributed by atoms with E-state index in [1.54, 1.807) is 12.1 Å². The fraction of sp³-hybridized carbons (Fsp3) is 0.714. The Labute approximate surface area is 163 Å². The van der Waals surface area contributed by atoms with E-state index in [0.29, 0.717) is 35.5 Å². The summed E-state index contributed by atoms with van der Waals surface area (Å²) >= 11 is 0. The molecule has 6 unspecified atom stereocenters. The smallest absolute Gasteiger partial charge is 0.376 e. The molecule has 3 nitrogen and oxygen atoms in total. The lowest BCUT2D eigenvalue weighted by Crippen LogP contribution is -2.28. The van der Waals surface area contributed by atoms with E-state index in [1.807, 2.05) is 0 Å². The molecule has 1 aromatic rings. The van der Waals surface area contributed by atoms with Crippen LogP contribution >= 0.6 is 0 Å². The third-order valence-electron chi connectivity index (χ3n) is 7.77. The second-order valence-corrected chi connectivity index (χ2v) is 10.9. The van der Waals surface area contributed by atoms with E-state index in [4.69, 9.17) is 0 Å². The molecule has 6 atom stereocenters. The number of alkyl halides is 3. The van der Waals surface area contributed by atoms with Gasteiger partial charge in [0, 0.05) is 0 Å². The summed E-state index contributed by atoms with van der Waals surface area (Å²) in [6.07, 6.45) is 9.25. The quantitative estimate of drug-likeness (QED) is 0.467. The minimum absolute atomic E-state index is 0.171.